The summed E-state index contributed by atoms with van der Waals surface area (Å²) in [4.78, 5) is 11.2. The van der Waals surface area contributed by atoms with Gasteiger partial charge in [0.05, 0.1) is 12.6 Å². The molecule has 2 heterocycles. The molecule has 2 aromatic rings. The van der Waals surface area contributed by atoms with Gasteiger partial charge in [0, 0.05) is 51.2 Å². The molecule has 2 N–H and O–H groups in total. The number of ether oxygens (including phenoxy) is 2. The van der Waals surface area contributed by atoms with Crippen LogP contribution in [0.15, 0.2) is 47.6 Å². The Morgan fingerprint density at radius 1 is 1.20 bits per heavy atom. The highest BCUT2D eigenvalue weighted by Gasteiger charge is 2.15. The lowest BCUT2D eigenvalue weighted by molar-refractivity contribution is 0.143. The number of aromatic nitrogens is 1. The highest BCUT2D eigenvalue weighted by molar-refractivity contribution is 5.80. The molecule has 1 aliphatic heterocycles. The maximum absolute atomic E-state index is 5.71. The van der Waals surface area contributed by atoms with Gasteiger partial charge in [-0.25, -0.2) is 4.98 Å². The van der Waals surface area contributed by atoms with Gasteiger partial charge in [-0.05, 0) is 43.5 Å². The molecule has 1 fully saturated rings. The smallest absolute Gasteiger partial charge is 0.218 e. The topological polar surface area (TPSA) is 71.0 Å². The molecule has 1 aromatic carbocycles. The van der Waals surface area contributed by atoms with Crippen LogP contribution in [0.1, 0.15) is 36.9 Å². The summed E-state index contributed by atoms with van der Waals surface area (Å²) in [6, 6.07) is 12.8. The number of nitrogens with one attached hydrogen (secondary N) is 2. The molecule has 3 rings (SSSR count). The SMILES string of the molecule is CN=C(NCc1cccnc1OCCOC)NC(C)c1cccc(N2CCCC2)c1. The molecule has 0 aliphatic carbocycles. The summed E-state index contributed by atoms with van der Waals surface area (Å²) >= 11 is 0. The van der Waals surface area contributed by atoms with Gasteiger partial charge < -0.3 is 25.0 Å². The molecule has 0 saturated carbocycles. The second-order valence-corrected chi connectivity index (χ2v) is 7.39. The minimum Gasteiger partial charge on any atom is -0.475 e. The fourth-order valence-electron chi connectivity index (χ4n) is 3.54. The molecule has 30 heavy (non-hydrogen) atoms. The van der Waals surface area contributed by atoms with Crippen molar-refractivity contribution in [1.29, 1.82) is 0 Å². The summed E-state index contributed by atoms with van der Waals surface area (Å²) in [7, 11) is 3.43. The van der Waals surface area contributed by atoms with Crippen LogP contribution in [-0.4, -0.2) is 51.4 Å². The van der Waals surface area contributed by atoms with E-state index in [0.717, 1.165) is 24.6 Å². The van der Waals surface area contributed by atoms with Crippen LogP contribution < -0.4 is 20.3 Å². The summed E-state index contributed by atoms with van der Waals surface area (Å²) in [5.74, 6) is 1.35. The zero-order valence-electron chi connectivity index (χ0n) is 18.2. The molecule has 1 aromatic heterocycles. The van der Waals surface area contributed by atoms with Crippen molar-refractivity contribution in [3.8, 4) is 5.88 Å². The Morgan fingerprint density at radius 2 is 2.03 bits per heavy atom. The fraction of sp³-hybridized carbons (Fsp3) is 0.478. The normalized spacial score (nSPS) is 15.2. The van der Waals surface area contributed by atoms with Crippen molar-refractivity contribution in [3.05, 3.63) is 53.7 Å². The van der Waals surface area contributed by atoms with E-state index in [1.54, 1.807) is 20.4 Å². The number of guanidine groups is 1. The maximum atomic E-state index is 5.71. The van der Waals surface area contributed by atoms with Crippen LogP contribution in [0.5, 0.6) is 5.88 Å². The molecule has 1 aliphatic rings. The van der Waals surface area contributed by atoms with Gasteiger partial charge in [0.2, 0.25) is 5.88 Å². The average molecular weight is 412 g/mol. The number of anilines is 1. The Hall–Kier alpha value is -2.80. The van der Waals surface area contributed by atoms with Crippen molar-refractivity contribution < 1.29 is 9.47 Å². The number of nitrogens with zero attached hydrogens (tertiary/aromatic N) is 3. The van der Waals surface area contributed by atoms with Crippen LogP contribution in [0.4, 0.5) is 5.69 Å². The van der Waals surface area contributed by atoms with Crippen LogP contribution in [-0.2, 0) is 11.3 Å². The minimum atomic E-state index is 0.130. The standard InChI is InChI=1S/C23H33N5O2/c1-18(19-8-6-10-21(16-19)28-12-4-5-13-28)27-23(24-2)26-17-20-9-7-11-25-22(20)30-15-14-29-3/h6-11,16,18H,4-5,12-15,17H2,1-3H3,(H2,24,26,27). The number of hydrogen-bond donors (Lipinski definition) is 2. The van der Waals surface area contributed by atoms with E-state index in [2.05, 4.69) is 56.7 Å². The van der Waals surface area contributed by atoms with Crippen molar-refractivity contribution in [2.24, 2.45) is 4.99 Å². The highest BCUT2D eigenvalue weighted by atomic mass is 16.5. The molecule has 0 spiro atoms. The predicted octanol–water partition coefficient (Wildman–Crippen LogP) is 3.13. The third-order valence-corrected chi connectivity index (χ3v) is 5.24. The third-order valence-electron chi connectivity index (χ3n) is 5.24. The lowest BCUT2D eigenvalue weighted by Gasteiger charge is -2.22. The van der Waals surface area contributed by atoms with E-state index in [-0.39, 0.29) is 6.04 Å². The number of pyridine rings is 1. The third kappa shape index (κ3) is 6.10. The molecule has 1 atom stereocenters. The van der Waals surface area contributed by atoms with Gasteiger partial charge in [-0.3, -0.25) is 4.99 Å². The molecule has 7 heteroatoms. The van der Waals surface area contributed by atoms with E-state index in [4.69, 9.17) is 9.47 Å². The minimum absolute atomic E-state index is 0.130. The van der Waals surface area contributed by atoms with E-state index in [0.29, 0.717) is 25.6 Å². The number of rotatable bonds is 9. The Morgan fingerprint density at radius 3 is 2.80 bits per heavy atom. The molecule has 162 valence electrons. The number of hydrogen-bond acceptors (Lipinski definition) is 5. The Bertz CT molecular complexity index is 821. The van der Waals surface area contributed by atoms with Crippen molar-refractivity contribution in [1.82, 2.24) is 15.6 Å². The van der Waals surface area contributed by atoms with Crippen LogP contribution in [0.3, 0.4) is 0 Å². The lowest BCUT2D eigenvalue weighted by atomic mass is 10.1. The quantitative estimate of drug-likeness (QED) is 0.375. The summed E-state index contributed by atoms with van der Waals surface area (Å²) in [6.45, 7) is 6.01. The first-order valence-corrected chi connectivity index (χ1v) is 10.6. The predicted molar refractivity (Wildman–Crippen MR) is 121 cm³/mol. The van der Waals surface area contributed by atoms with Crippen LogP contribution in [0.25, 0.3) is 0 Å². The first-order chi connectivity index (χ1) is 14.7. The summed E-state index contributed by atoms with van der Waals surface area (Å²) < 4.78 is 10.8. The van der Waals surface area contributed by atoms with Crippen LogP contribution in [0.2, 0.25) is 0 Å². The van der Waals surface area contributed by atoms with Gasteiger partial charge >= 0.3 is 0 Å². The number of aliphatic imine (C=N–C) groups is 1. The van der Waals surface area contributed by atoms with E-state index >= 15 is 0 Å². The zero-order chi connectivity index (χ0) is 21.2. The van der Waals surface area contributed by atoms with Crippen molar-refractivity contribution in [3.63, 3.8) is 0 Å². The number of methoxy groups -OCH3 is 1. The molecule has 1 saturated heterocycles. The first kappa shape index (κ1) is 21.9. The van der Waals surface area contributed by atoms with Crippen molar-refractivity contribution >= 4 is 11.6 Å². The summed E-state index contributed by atoms with van der Waals surface area (Å²) in [5.41, 5.74) is 3.52. The second-order valence-electron chi connectivity index (χ2n) is 7.39. The number of benzene rings is 1. The van der Waals surface area contributed by atoms with E-state index in [9.17, 15) is 0 Å². The molecule has 1 unspecified atom stereocenters. The van der Waals surface area contributed by atoms with Gasteiger partial charge in [0.25, 0.3) is 0 Å². The molecular formula is C23H33N5O2. The van der Waals surface area contributed by atoms with Gasteiger partial charge in [0.15, 0.2) is 5.96 Å². The van der Waals surface area contributed by atoms with E-state index in [1.807, 2.05) is 12.1 Å². The summed E-state index contributed by atoms with van der Waals surface area (Å²) in [5, 5.41) is 6.85. The zero-order valence-corrected chi connectivity index (χ0v) is 18.2. The highest BCUT2D eigenvalue weighted by Crippen LogP contribution is 2.24. The van der Waals surface area contributed by atoms with Crippen molar-refractivity contribution in [2.75, 3.05) is 45.4 Å². The Balaban J connectivity index is 1.58. The Labute approximate surface area is 179 Å². The van der Waals surface area contributed by atoms with Crippen LogP contribution >= 0.6 is 0 Å². The van der Waals surface area contributed by atoms with Crippen molar-refractivity contribution in [2.45, 2.75) is 32.4 Å². The van der Waals surface area contributed by atoms with Gasteiger partial charge in [-0.2, -0.15) is 0 Å². The Kier molecular flexibility index (Phi) is 8.32. The van der Waals surface area contributed by atoms with E-state index < -0.39 is 0 Å². The fourth-order valence-corrected chi connectivity index (χ4v) is 3.54. The van der Waals surface area contributed by atoms with Gasteiger partial charge in [-0.1, -0.05) is 18.2 Å². The van der Waals surface area contributed by atoms with Gasteiger partial charge in [-0.15, -0.1) is 0 Å². The molecule has 0 amide bonds. The molecule has 0 radical (unpaired) electrons. The molecular weight excluding hydrogens is 378 g/mol. The van der Waals surface area contributed by atoms with Gasteiger partial charge in [0.1, 0.15) is 6.61 Å². The second kappa shape index (κ2) is 11.4. The maximum Gasteiger partial charge on any atom is 0.218 e. The van der Waals surface area contributed by atoms with Crippen LogP contribution in [0, 0.1) is 0 Å². The largest absolute Gasteiger partial charge is 0.475 e. The summed E-state index contributed by atoms with van der Waals surface area (Å²) in [6.07, 6.45) is 4.29. The average Bonchev–Trinajstić information content (AvgIpc) is 3.32. The molecule has 7 nitrogen and oxygen atoms in total. The lowest BCUT2D eigenvalue weighted by Crippen LogP contribution is -2.38. The molecule has 0 bridgehead atoms. The van der Waals surface area contributed by atoms with E-state index in [1.165, 1.54) is 24.1 Å². The first-order valence-electron chi connectivity index (χ1n) is 10.6. The monoisotopic (exact) mass is 411 g/mol.